The number of nitrogens with one attached hydrogen (secondary N) is 2. The van der Waals surface area contributed by atoms with Crippen LogP contribution >= 0.6 is 0 Å². The van der Waals surface area contributed by atoms with Crippen LogP contribution in [0.4, 0.5) is 5.69 Å². The van der Waals surface area contributed by atoms with Crippen LogP contribution in [0, 0.1) is 11.8 Å². The Balaban J connectivity index is 1.49. The van der Waals surface area contributed by atoms with Crippen molar-refractivity contribution in [2.45, 2.75) is 38.3 Å². The van der Waals surface area contributed by atoms with Crippen molar-refractivity contribution >= 4 is 29.0 Å². The molecule has 0 aromatic heterocycles. The van der Waals surface area contributed by atoms with Gasteiger partial charge in [0.2, 0.25) is 11.8 Å². The first-order valence-corrected chi connectivity index (χ1v) is 9.98. The van der Waals surface area contributed by atoms with E-state index in [0.717, 1.165) is 30.6 Å². The van der Waals surface area contributed by atoms with Gasteiger partial charge < -0.3 is 25.7 Å². The Kier molecular flexibility index (Phi) is 5.04. The number of aliphatic hydroxyl groups excluding tert-OH is 1. The summed E-state index contributed by atoms with van der Waals surface area (Å²) in [6.45, 7) is 2.85. The molecule has 2 amide bonds. The van der Waals surface area contributed by atoms with E-state index < -0.39 is 18.0 Å². The summed E-state index contributed by atoms with van der Waals surface area (Å²) < 4.78 is 0. The molecule has 4 rings (SSSR count). The average molecular weight is 399 g/mol. The quantitative estimate of drug-likeness (QED) is 0.531. The van der Waals surface area contributed by atoms with Gasteiger partial charge >= 0.3 is 5.97 Å². The van der Waals surface area contributed by atoms with Gasteiger partial charge in [-0.25, -0.2) is 4.79 Å². The Morgan fingerprint density at radius 1 is 1.31 bits per heavy atom. The number of anilines is 1. The summed E-state index contributed by atoms with van der Waals surface area (Å²) in [7, 11) is 0. The number of hydrogen-bond donors (Lipinski definition) is 4. The van der Waals surface area contributed by atoms with Gasteiger partial charge in [-0.3, -0.25) is 9.59 Å². The van der Waals surface area contributed by atoms with Gasteiger partial charge in [0, 0.05) is 18.8 Å². The summed E-state index contributed by atoms with van der Waals surface area (Å²) in [4.78, 5) is 37.3. The topological polar surface area (TPSA) is 119 Å². The number of benzene rings is 1. The van der Waals surface area contributed by atoms with Crippen LogP contribution in [0.5, 0.6) is 0 Å². The highest BCUT2D eigenvalue weighted by Gasteiger charge is 2.56. The molecule has 3 aliphatic heterocycles. The third kappa shape index (κ3) is 3.37. The second-order valence-electron chi connectivity index (χ2n) is 7.97. The molecular formula is C21H25N3O5. The lowest BCUT2D eigenvalue weighted by Gasteiger charge is -2.44. The van der Waals surface area contributed by atoms with E-state index in [4.69, 9.17) is 0 Å². The standard InChI is InChI=1S/C21H25N3O5/c1-11(25)17-16-9-15(18(21(28)29)24(16)20(17)27)12-4-6-14(7-5-12)23-10-13-3-2-8-22-19(13)26/h4-7,11,13,16-17,23,25H,2-3,8-10H2,1H3,(H,22,26)(H,28,29)/t11-,13?,16-,17-/m1/s1. The monoisotopic (exact) mass is 399 g/mol. The predicted octanol–water partition coefficient (Wildman–Crippen LogP) is 1.03. The molecule has 4 atom stereocenters. The van der Waals surface area contributed by atoms with E-state index in [1.54, 1.807) is 6.92 Å². The van der Waals surface area contributed by atoms with Crippen LogP contribution in [0.15, 0.2) is 30.0 Å². The van der Waals surface area contributed by atoms with Gasteiger partial charge in [-0.1, -0.05) is 12.1 Å². The van der Waals surface area contributed by atoms with Crippen molar-refractivity contribution in [2.24, 2.45) is 11.8 Å². The molecular weight excluding hydrogens is 374 g/mol. The number of fused-ring (bicyclic) bond motifs is 1. The number of hydrogen-bond acceptors (Lipinski definition) is 5. The number of nitrogens with zero attached hydrogens (tertiary/aromatic N) is 1. The number of β-lactam (4-membered cyclic amide) rings is 1. The van der Waals surface area contributed by atoms with Gasteiger partial charge in [-0.15, -0.1) is 0 Å². The first kappa shape index (κ1) is 19.4. The van der Waals surface area contributed by atoms with Crippen molar-refractivity contribution in [2.75, 3.05) is 18.4 Å². The minimum absolute atomic E-state index is 0.0106. The smallest absolute Gasteiger partial charge is 0.352 e. The third-order valence-corrected chi connectivity index (χ3v) is 6.12. The van der Waals surface area contributed by atoms with E-state index in [1.165, 1.54) is 4.90 Å². The van der Waals surface area contributed by atoms with Gasteiger partial charge in [-0.2, -0.15) is 0 Å². The molecule has 2 fully saturated rings. The lowest BCUT2D eigenvalue weighted by molar-refractivity contribution is -0.161. The normalized spacial score (nSPS) is 27.2. The van der Waals surface area contributed by atoms with Crippen LogP contribution in [0.2, 0.25) is 0 Å². The number of carbonyl (C=O) groups excluding carboxylic acids is 2. The first-order valence-electron chi connectivity index (χ1n) is 9.98. The number of aliphatic hydroxyl groups is 1. The van der Waals surface area contributed by atoms with Gasteiger partial charge in [0.25, 0.3) is 0 Å². The molecule has 1 unspecified atom stereocenters. The zero-order valence-corrected chi connectivity index (χ0v) is 16.2. The molecule has 8 nitrogen and oxygen atoms in total. The zero-order valence-electron chi connectivity index (χ0n) is 16.2. The van der Waals surface area contributed by atoms with Gasteiger partial charge in [0.15, 0.2) is 0 Å². The lowest BCUT2D eigenvalue weighted by atomic mass is 9.82. The predicted molar refractivity (Wildman–Crippen MR) is 106 cm³/mol. The fourth-order valence-electron chi connectivity index (χ4n) is 4.59. The molecule has 8 heteroatoms. The fraction of sp³-hybridized carbons (Fsp3) is 0.476. The van der Waals surface area contributed by atoms with Crippen LogP contribution < -0.4 is 10.6 Å². The van der Waals surface area contributed by atoms with Crippen molar-refractivity contribution in [3.63, 3.8) is 0 Å². The summed E-state index contributed by atoms with van der Waals surface area (Å²) in [5.41, 5.74) is 2.22. The SMILES string of the molecule is C[C@@H](O)[C@H]1C(=O)N2C(C(=O)O)=C(c3ccc(NCC4CCCNC4=O)cc3)C[C@H]12. The number of amides is 2. The number of rotatable bonds is 6. The average Bonchev–Trinajstić information content (AvgIpc) is 3.03. The Bertz CT molecular complexity index is 877. The number of carbonyl (C=O) groups is 3. The zero-order chi connectivity index (χ0) is 20.7. The van der Waals surface area contributed by atoms with Crippen LogP contribution in [0.25, 0.3) is 5.57 Å². The van der Waals surface area contributed by atoms with Crippen molar-refractivity contribution in [1.82, 2.24) is 10.2 Å². The Morgan fingerprint density at radius 2 is 2.03 bits per heavy atom. The maximum Gasteiger partial charge on any atom is 0.352 e. The van der Waals surface area contributed by atoms with Crippen molar-refractivity contribution in [3.05, 3.63) is 35.5 Å². The van der Waals surface area contributed by atoms with E-state index in [0.29, 0.717) is 18.5 Å². The Morgan fingerprint density at radius 3 is 2.66 bits per heavy atom. The van der Waals surface area contributed by atoms with E-state index in [2.05, 4.69) is 10.6 Å². The molecule has 1 aromatic carbocycles. The highest BCUT2D eigenvalue weighted by atomic mass is 16.4. The highest BCUT2D eigenvalue weighted by molar-refractivity contribution is 6.06. The Labute approximate surface area is 168 Å². The molecule has 3 aliphatic rings. The minimum atomic E-state index is -1.13. The second kappa shape index (κ2) is 7.51. The first-order chi connectivity index (χ1) is 13.9. The molecule has 0 bridgehead atoms. The van der Waals surface area contributed by atoms with Crippen molar-refractivity contribution in [3.8, 4) is 0 Å². The van der Waals surface area contributed by atoms with Gasteiger partial charge in [0.05, 0.1) is 24.0 Å². The molecule has 0 aliphatic carbocycles. The van der Waals surface area contributed by atoms with Crippen LogP contribution in [0.3, 0.4) is 0 Å². The molecule has 0 radical (unpaired) electrons. The molecule has 1 aromatic rings. The van der Waals surface area contributed by atoms with Crippen molar-refractivity contribution < 1.29 is 24.6 Å². The molecule has 4 N–H and O–H groups in total. The summed E-state index contributed by atoms with van der Waals surface area (Å²) in [5.74, 6) is -1.99. The van der Waals surface area contributed by atoms with Crippen LogP contribution in [-0.4, -0.2) is 58.1 Å². The number of aliphatic carboxylic acids is 1. The summed E-state index contributed by atoms with van der Waals surface area (Å²) in [6, 6.07) is 7.06. The fourth-order valence-corrected chi connectivity index (χ4v) is 4.59. The van der Waals surface area contributed by atoms with Gasteiger partial charge in [-0.05, 0) is 49.5 Å². The maximum atomic E-state index is 12.3. The summed E-state index contributed by atoms with van der Waals surface area (Å²) in [5, 5.41) is 25.6. The third-order valence-electron chi connectivity index (χ3n) is 6.12. The Hall–Kier alpha value is -2.87. The number of carboxylic acids is 1. The molecule has 2 saturated heterocycles. The van der Waals surface area contributed by atoms with E-state index in [9.17, 15) is 24.6 Å². The molecule has 29 heavy (non-hydrogen) atoms. The van der Waals surface area contributed by atoms with E-state index in [1.807, 2.05) is 24.3 Å². The highest BCUT2D eigenvalue weighted by Crippen LogP contribution is 2.46. The van der Waals surface area contributed by atoms with Crippen molar-refractivity contribution in [1.29, 1.82) is 0 Å². The number of carboxylic acid groups (broad SMARTS) is 1. The lowest BCUT2D eigenvalue weighted by Crippen LogP contribution is -2.61. The minimum Gasteiger partial charge on any atom is -0.477 e. The molecule has 0 saturated carbocycles. The maximum absolute atomic E-state index is 12.3. The number of piperidine rings is 1. The molecule has 154 valence electrons. The molecule has 3 heterocycles. The summed E-state index contributed by atoms with van der Waals surface area (Å²) >= 11 is 0. The van der Waals surface area contributed by atoms with Crippen LogP contribution in [0.1, 0.15) is 31.7 Å². The molecule has 0 spiro atoms. The largest absolute Gasteiger partial charge is 0.477 e. The van der Waals surface area contributed by atoms with Gasteiger partial charge in [0.1, 0.15) is 5.70 Å². The van der Waals surface area contributed by atoms with E-state index >= 15 is 0 Å². The van der Waals surface area contributed by atoms with E-state index in [-0.39, 0.29) is 29.5 Å². The second-order valence-corrected chi connectivity index (χ2v) is 7.97. The summed E-state index contributed by atoms with van der Waals surface area (Å²) in [6.07, 6.45) is 1.45. The van der Waals surface area contributed by atoms with Crippen LogP contribution in [-0.2, 0) is 14.4 Å².